The standard InChI is InChI=1S/C18H28N2OS/c1-4-20(17(21)12-15-7-10-22-11-8-15)18(14(2)3)16-6-5-9-19-13-16/h5-6,9,13-15,18H,4,7-8,10-12H2,1-3H3. The topological polar surface area (TPSA) is 33.2 Å². The molecule has 1 amide bonds. The summed E-state index contributed by atoms with van der Waals surface area (Å²) >= 11 is 2.01. The van der Waals surface area contributed by atoms with Crippen LogP contribution in [0, 0.1) is 11.8 Å². The van der Waals surface area contributed by atoms with Crippen molar-refractivity contribution in [2.45, 2.75) is 46.1 Å². The molecule has 1 fully saturated rings. The molecule has 122 valence electrons. The van der Waals surface area contributed by atoms with Crippen LogP contribution in [0.5, 0.6) is 0 Å². The highest BCUT2D eigenvalue weighted by atomic mass is 32.2. The lowest BCUT2D eigenvalue weighted by molar-refractivity contribution is -0.135. The summed E-state index contributed by atoms with van der Waals surface area (Å²) in [4.78, 5) is 19.2. The van der Waals surface area contributed by atoms with Gasteiger partial charge in [-0.2, -0.15) is 11.8 Å². The molecule has 0 saturated carbocycles. The van der Waals surface area contributed by atoms with E-state index in [4.69, 9.17) is 0 Å². The number of rotatable bonds is 6. The number of hydrogen-bond donors (Lipinski definition) is 0. The molecular formula is C18H28N2OS. The van der Waals surface area contributed by atoms with Gasteiger partial charge in [0.15, 0.2) is 0 Å². The Balaban J connectivity index is 2.10. The van der Waals surface area contributed by atoms with Gasteiger partial charge in [-0.15, -0.1) is 0 Å². The SMILES string of the molecule is CCN(C(=O)CC1CCSCC1)C(c1cccnc1)C(C)C. The molecular weight excluding hydrogens is 292 g/mol. The predicted octanol–water partition coefficient (Wildman–Crippen LogP) is 4.16. The van der Waals surface area contributed by atoms with Crippen molar-refractivity contribution in [2.24, 2.45) is 11.8 Å². The molecule has 1 atom stereocenters. The van der Waals surface area contributed by atoms with E-state index in [2.05, 4.69) is 36.7 Å². The van der Waals surface area contributed by atoms with Crippen LogP contribution >= 0.6 is 11.8 Å². The van der Waals surface area contributed by atoms with Crippen LogP contribution in [0.15, 0.2) is 24.5 Å². The van der Waals surface area contributed by atoms with Crippen LogP contribution in [-0.2, 0) is 4.79 Å². The Kier molecular flexibility index (Phi) is 6.74. The Bertz CT molecular complexity index is 457. The Morgan fingerprint density at radius 3 is 2.68 bits per heavy atom. The summed E-state index contributed by atoms with van der Waals surface area (Å²) in [5.74, 6) is 3.68. The van der Waals surface area contributed by atoms with E-state index in [1.54, 1.807) is 6.20 Å². The summed E-state index contributed by atoms with van der Waals surface area (Å²) in [6.45, 7) is 7.22. The van der Waals surface area contributed by atoms with Gasteiger partial charge in [0.25, 0.3) is 0 Å². The number of thioether (sulfide) groups is 1. The largest absolute Gasteiger partial charge is 0.336 e. The van der Waals surface area contributed by atoms with Crippen LogP contribution in [0.3, 0.4) is 0 Å². The molecule has 0 aromatic carbocycles. The van der Waals surface area contributed by atoms with E-state index < -0.39 is 0 Å². The molecule has 3 nitrogen and oxygen atoms in total. The highest BCUT2D eigenvalue weighted by molar-refractivity contribution is 7.99. The van der Waals surface area contributed by atoms with Gasteiger partial charge in [-0.25, -0.2) is 0 Å². The Morgan fingerprint density at radius 2 is 2.14 bits per heavy atom. The average molecular weight is 321 g/mol. The third-order valence-corrected chi connectivity index (χ3v) is 5.51. The van der Waals surface area contributed by atoms with E-state index in [-0.39, 0.29) is 6.04 Å². The number of amides is 1. The molecule has 4 heteroatoms. The van der Waals surface area contributed by atoms with E-state index in [0.717, 1.165) is 12.1 Å². The molecule has 0 N–H and O–H groups in total. The molecule has 1 aromatic rings. The second kappa shape index (κ2) is 8.56. The predicted molar refractivity (Wildman–Crippen MR) is 93.9 cm³/mol. The number of pyridine rings is 1. The Hall–Kier alpha value is -1.03. The van der Waals surface area contributed by atoms with Crippen molar-refractivity contribution in [3.63, 3.8) is 0 Å². The maximum atomic E-state index is 12.9. The van der Waals surface area contributed by atoms with Crippen molar-refractivity contribution in [3.05, 3.63) is 30.1 Å². The first-order chi connectivity index (χ1) is 10.6. The van der Waals surface area contributed by atoms with Crippen LogP contribution in [-0.4, -0.2) is 33.8 Å². The summed E-state index contributed by atoms with van der Waals surface area (Å²) in [5, 5.41) is 0. The minimum atomic E-state index is 0.129. The fraction of sp³-hybridized carbons (Fsp3) is 0.667. The third-order valence-electron chi connectivity index (χ3n) is 4.46. The van der Waals surface area contributed by atoms with Crippen LogP contribution in [0.4, 0.5) is 0 Å². The van der Waals surface area contributed by atoms with Crippen molar-refractivity contribution in [3.8, 4) is 0 Å². The molecule has 1 aliphatic rings. The van der Waals surface area contributed by atoms with E-state index >= 15 is 0 Å². The zero-order valence-corrected chi connectivity index (χ0v) is 14.8. The lowest BCUT2D eigenvalue weighted by atomic mass is 9.93. The monoisotopic (exact) mass is 320 g/mol. The van der Waals surface area contributed by atoms with Crippen LogP contribution in [0.1, 0.15) is 51.6 Å². The number of hydrogen-bond acceptors (Lipinski definition) is 3. The molecule has 1 aromatic heterocycles. The van der Waals surface area contributed by atoms with Crippen molar-refractivity contribution in [1.29, 1.82) is 0 Å². The molecule has 2 heterocycles. The fourth-order valence-electron chi connectivity index (χ4n) is 3.32. The first kappa shape index (κ1) is 17.3. The molecule has 0 aliphatic carbocycles. The minimum absolute atomic E-state index is 0.129. The normalized spacial score (nSPS) is 17.5. The molecule has 1 saturated heterocycles. The summed E-state index contributed by atoms with van der Waals surface area (Å²) in [6.07, 6.45) is 6.77. The van der Waals surface area contributed by atoms with E-state index in [9.17, 15) is 4.79 Å². The van der Waals surface area contributed by atoms with Crippen molar-refractivity contribution >= 4 is 17.7 Å². The first-order valence-corrected chi connectivity index (χ1v) is 9.56. The van der Waals surface area contributed by atoms with Gasteiger partial charge in [-0.05, 0) is 54.7 Å². The Labute approximate surface area is 138 Å². The first-order valence-electron chi connectivity index (χ1n) is 8.40. The van der Waals surface area contributed by atoms with Crippen molar-refractivity contribution in [1.82, 2.24) is 9.88 Å². The zero-order chi connectivity index (χ0) is 15.9. The highest BCUT2D eigenvalue weighted by Gasteiger charge is 2.28. The van der Waals surface area contributed by atoms with Gasteiger partial charge < -0.3 is 4.90 Å². The summed E-state index contributed by atoms with van der Waals surface area (Å²) in [5.41, 5.74) is 1.15. The van der Waals surface area contributed by atoms with Gasteiger partial charge in [0.1, 0.15) is 0 Å². The molecule has 1 unspecified atom stereocenters. The average Bonchev–Trinajstić information content (AvgIpc) is 2.53. The summed E-state index contributed by atoms with van der Waals surface area (Å²) in [6, 6.07) is 4.18. The quantitative estimate of drug-likeness (QED) is 0.789. The van der Waals surface area contributed by atoms with Crippen LogP contribution in [0.25, 0.3) is 0 Å². The molecule has 2 rings (SSSR count). The van der Waals surface area contributed by atoms with E-state index in [0.29, 0.717) is 24.2 Å². The lowest BCUT2D eigenvalue weighted by Gasteiger charge is -2.35. The molecule has 1 aliphatic heterocycles. The fourth-order valence-corrected chi connectivity index (χ4v) is 4.52. The zero-order valence-electron chi connectivity index (χ0n) is 14.0. The summed E-state index contributed by atoms with van der Waals surface area (Å²) in [7, 11) is 0. The maximum Gasteiger partial charge on any atom is 0.223 e. The smallest absolute Gasteiger partial charge is 0.223 e. The van der Waals surface area contributed by atoms with Gasteiger partial charge in [0.2, 0.25) is 5.91 Å². The molecule has 0 radical (unpaired) electrons. The molecule has 0 bridgehead atoms. The Morgan fingerprint density at radius 1 is 1.41 bits per heavy atom. The molecule has 22 heavy (non-hydrogen) atoms. The lowest BCUT2D eigenvalue weighted by Crippen LogP contribution is -2.38. The third kappa shape index (κ3) is 4.48. The van der Waals surface area contributed by atoms with Gasteiger partial charge in [0.05, 0.1) is 6.04 Å². The van der Waals surface area contributed by atoms with Gasteiger partial charge >= 0.3 is 0 Å². The van der Waals surface area contributed by atoms with E-state index in [1.165, 1.54) is 24.3 Å². The summed E-state index contributed by atoms with van der Waals surface area (Å²) < 4.78 is 0. The van der Waals surface area contributed by atoms with Crippen molar-refractivity contribution in [2.75, 3.05) is 18.1 Å². The van der Waals surface area contributed by atoms with Crippen LogP contribution < -0.4 is 0 Å². The van der Waals surface area contributed by atoms with Gasteiger partial charge in [-0.3, -0.25) is 9.78 Å². The van der Waals surface area contributed by atoms with Crippen molar-refractivity contribution < 1.29 is 4.79 Å². The minimum Gasteiger partial charge on any atom is -0.336 e. The number of nitrogens with zero attached hydrogens (tertiary/aromatic N) is 2. The van der Waals surface area contributed by atoms with Gasteiger partial charge in [-0.1, -0.05) is 19.9 Å². The highest BCUT2D eigenvalue weighted by Crippen LogP contribution is 2.31. The second-order valence-electron chi connectivity index (χ2n) is 6.41. The molecule has 0 spiro atoms. The number of aromatic nitrogens is 1. The second-order valence-corrected chi connectivity index (χ2v) is 7.64. The number of carbonyl (C=O) groups excluding carboxylic acids is 1. The maximum absolute atomic E-state index is 12.9. The van der Waals surface area contributed by atoms with E-state index in [1.807, 2.05) is 24.0 Å². The van der Waals surface area contributed by atoms with Crippen LogP contribution in [0.2, 0.25) is 0 Å². The van der Waals surface area contributed by atoms with Gasteiger partial charge in [0, 0.05) is 25.4 Å². The number of carbonyl (C=O) groups is 1.